The van der Waals surface area contributed by atoms with E-state index in [4.69, 9.17) is 16.3 Å². The maximum atomic E-state index is 6.59. The first-order chi connectivity index (χ1) is 15.5. The van der Waals surface area contributed by atoms with Gasteiger partial charge in [0.05, 0.1) is 0 Å². The molecule has 1 heterocycles. The largest absolute Gasteiger partial charge is 0.473 e. The Morgan fingerprint density at radius 2 is 1.94 bits per heavy atom. The van der Waals surface area contributed by atoms with Crippen LogP contribution in [0.5, 0.6) is 5.88 Å². The molecule has 0 spiro atoms. The zero-order valence-corrected chi connectivity index (χ0v) is 20.6. The molecule has 0 aliphatic heterocycles. The molecular weight excluding hydrogens is 418 g/mol. The molecule has 1 aromatic carbocycles. The van der Waals surface area contributed by atoms with Crippen LogP contribution in [-0.4, -0.2) is 18.1 Å². The van der Waals surface area contributed by atoms with Crippen molar-refractivity contribution in [3.63, 3.8) is 0 Å². The molecule has 1 atom stereocenters. The monoisotopic (exact) mass is 453 g/mol. The highest BCUT2D eigenvalue weighted by atomic mass is 35.5. The fourth-order valence-corrected chi connectivity index (χ4v) is 4.31. The first-order valence-corrected chi connectivity index (χ1v) is 12.0. The van der Waals surface area contributed by atoms with Gasteiger partial charge >= 0.3 is 0 Å². The molecule has 1 aliphatic rings. The molecule has 4 nitrogen and oxygen atoms in total. The lowest BCUT2D eigenvalue weighted by Gasteiger charge is -2.25. The molecule has 0 fully saturated rings. The van der Waals surface area contributed by atoms with Crippen molar-refractivity contribution in [3.05, 3.63) is 81.2 Å². The van der Waals surface area contributed by atoms with E-state index >= 15 is 0 Å². The van der Waals surface area contributed by atoms with Crippen molar-refractivity contribution in [3.8, 4) is 5.88 Å². The number of nitrogens with one attached hydrogen (secondary N) is 2. The van der Waals surface area contributed by atoms with Crippen LogP contribution < -0.4 is 15.4 Å². The summed E-state index contributed by atoms with van der Waals surface area (Å²) >= 11 is 6.59. The van der Waals surface area contributed by atoms with E-state index in [-0.39, 0.29) is 0 Å². The van der Waals surface area contributed by atoms with E-state index in [9.17, 15) is 0 Å². The maximum Gasteiger partial charge on any atom is 0.218 e. The fraction of sp³-hybridized carbons (Fsp3) is 0.444. The molecule has 0 amide bonds. The predicted molar refractivity (Wildman–Crippen MR) is 134 cm³/mol. The standard InChI is InChI=1S/C27H36ClN3O/c1-5-12-30-26-16-25(28)23(15-20(26)3)11-13-29-17-24-19(2)14-21(4)31-27(24)32-18-22-9-7-6-8-10-22/h6-10,14,16,20,29-30H,5,11-13,15,17-18H2,1-4H3/t20-/m1/s1. The third-order valence-corrected chi connectivity index (χ3v) is 6.22. The normalized spacial score (nSPS) is 16.2. The van der Waals surface area contributed by atoms with E-state index in [2.05, 4.69) is 60.7 Å². The maximum absolute atomic E-state index is 6.59. The molecule has 3 rings (SSSR count). The van der Waals surface area contributed by atoms with Gasteiger partial charge in [0.2, 0.25) is 5.88 Å². The van der Waals surface area contributed by atoms with E-state index in [0.717, 1.165) is 66.6 Å². The molecule has 0 radical (unpaired) electrons. The SMILES string of the molecule is CCCNC1=CC(Cl)=C(CCNCc2c(C)cc(C)nc2OCc2ccccc2)C[C@H]1C. The zero-order valence-electron chi connectivity index (χ0n) is 19.8. The van der Waals surface area contributed by atoms with Crippen LogP contribution in [0.2, 0.25) is 0 Å². The molecule has 172 valence electrons. The number of pyridine rings is 1. The molecule has 1 aliphatic carbocycles. The number of rotatable bonds is 11. The number of aryl methyl sites for hydroxylation is 2. The Balaban J connectivity index is 1.58. The number of hydrogen-bond acceptors (Lipinski definition) is 4. The molecule has 0 unspecified atom stereocenters. The summed E-state index contributed by atoms with van der Waals surface area (Å²) in [5, 5.41) is 7.98. The molecule has 0 saturated carbocycles. The summed E-state index contributed by atoms with van der Waals surface area (Å²) in [5.74, 6) is 1.21. The van der Waals surface area contributed by atoms with Gasteiger partial charge in [0.1, 0.15) is 6.61 Å². The molecule has 32 heavy (non-hydrogen) atoms. The van der Waals surface area contributed by atoms with Gasteiger partial charge < -0.3 is 15.4 Å². The van der Waals surface area contributed by atoms with Crippen LogP contribution in [0.4, 0.5) is 0 Å². The third-order valence-electron chi connectivity index (χ3n) is 5.84. The second-order valence-corrected chi connectivity index (χ2v) is 9.06. The van der Waals surface area contributed by atoms with Crippen molar-refractivity contribution < 1.29 is 4.74 Å². The van der Waals surface area contributed by atoms with Crippen LogP contribution in [0.25, 0.3) is 0 Å². The summed E-state index contributed by atoms with van der Waals surface area (Å²) in [6, 6.07) is 12.3. The third kappa shape index (κ3) is 6.85. The molecule has 0 saturated heterocycles. The fourth-order valence-electron chi connectivity index (χ4n) is 4.02. The number of benzene rings is 1. The van der Waals surface area contributed by atoms with E-state index in [1.54, 1.807) is 0 Å². The van der Waals surface area contributed by atoms with Crippen LogP contribution in [0, 0.1) is 19.8 Å². The highest BCUT2D eigenvalue weighted by molar-refractivity contribution is 6.31. The minimum absolute atomic E-state index is 0.487. The Morgan fingerprint density at radius 3 is 2.69 bits per heavy atom. The summed E-state index contributed by atoms with van der Waals surface area (Å²) in [6.07, 6.45) is 5.19. The van der Waals surface area contributed by atoms with Crippen LogP contribution >= 0.6 is 11.6 Å². The number of nitrogens with zero attached hydrogens (tertiary/aromatic N) is 1. The summed E-state index contributed by atoms with van der Waals surface area (Å²) in [4.78, 5) is 4.67. The highest BCUT2D eigenvalue weighted by Gasteiger charge is 2.19. The van der Waals surface area contributed by atoms with Gasteiger partial charge in [-0.15, -0.1) is 0 Å². The van der Waals surface area contributed by atoms with Crippen LogP contribution in [0.1, 0.15) is 55.5 Å². The number of aromatic nitrogens is 1. The number of hydrogen-bond donors (Lipinski definition) is 2. The van der Waals surface area contributed by atoms with Crippen molar-refractivity contribution in [2.75, 3.05) is 13.1 Å². The predicted octanol–water partition coefficient (Wildman–Crippen LogP) is 6.17. The number of halogens is 1. The Kier molecular flexibility index (Phi) is 9.19. The average Bonchev–Trinajstić information content (AvgIpc) is 2.78. The zero-order chi connectivity index (χ0) is 22.9. The van der Waals surface area contributed by atoms with Crippen molar-refractivity contribution in [1.82, 2.24) is 15.6 Å². The summed E-state index contributed by atoms with van der Waals surface area (Å²) in [6.45, 7) is 11.7. The molecule has 5 heteroatoms. The van der Waals surface area contributed by atoms with Crippen molar-refractivity contribution in [2.45, 2.75) is 60.1 Å². The van der Waals surface area contributed by atoms with Crippen molar-refractivity contribution in [1.29, 1.82) is 0 Å². The average molecular weight is 454 g/mol. The van der Waals surface area contributed by atoms with E-state index in [1.807, 2.05) is 25.1 Å². The summed E-state index contributed by atoms with van der Waals surface area (Å²) < 4.78 is 6.11. The smallest absolute Gasteiger partial charge is 0.218 e. The van der Waals surface area contributed by atoms with Crippen molar-refractivity contribution in [2.24, 2.45) is 5.92 Å². The van der Waals surface area contributed by atoms with Gasteiger partial charge in [-0.2, -0.15) is 0 Å². The molecular formula is C27H36ClN3O. The van der Waals surface area contributed by atoms with Gasteiger partial charge in [-0.1, -0.05) is 55.8 Å². The van der Waals surface area contributed by atoms with Gasteiger partial charge in [-0.3, -0.25) is 0 Å². The lowest BCUT2D eigenvalue weighted by Crippen LogP contribution is -2.23. The lowest BCUT2D eigenvalue weighted by atomic mass is 9.90. The Morgan fingerprint density at radius 1 is 1.16 bits per heavy atom. The van der Waals surface area contributed by atoms with Gasteiger partial charge in [0.25, 0.3) is 0 Å². The molecule has 2 N–H and O–H groups in total. The number of ether oxygens (including phenoxy) is 1. The first kappa shape index (κ1) is 24.3. The molecule has 2 aromatic rings. The topological polar surface area (TPSA) is 46.2 Å². The van der Waals surface area contributed by atoms with E-state index in [0.29, 0.717) is 12.5 Å². The van der Waals surface area contributed by atoms with Gasteiger partial charge in [0, 0.05) is 35.1 Å². The lowest BCUT2D eigenvalue weighted by molar-refractivity contribution is 0.288. The van der Waals surface area contributed by atoms with Gasteiger partial charge in [-0.25, -0.2) is 4.98 Å². The van der Waals surface area contributed by atoms with Gasteiger partial charge in [-0.05, 0) is 74.4 Å². The van der Waals surface area contributed by atoms with Crippen LogP contribution in [-0.2, 0) is 13.2 Å². The number of allylic oxidation sites excluding steroid dienone is 3. The second kappa shape index (κ2) is 12.1. The molecule has 1 aromatic heterocycles. The summed E-state index contributed by atoms with van der Waals surface area (Å²) in [5.41, 5.74) is 7.02. The Labute approximate surface area is 198 Å². The quantitative estimate of drug-likeness (QED) is 0.399. The van der Waals surface area contributed by atoms with Crippen LogP contribution in [0.3, 0.4) is 0 Å². The minimum atomic E-state index is 0.487. The van der Waals surface area contributed by atoms with Crippen LogP contribution in [0.15, 0.2) is 58.8 Å². The summed E-state index contributed by atoms with van der Waals surface area (Å²) in [7, 11) is 0. The van der Waals surface area contributed by atoms with E-state index in [1.165, 1.54) is 16.8 Å². The molecule has 0 bridgehead atoms. The Bertz CT molecular complexity index is 953. The van der Waals surface area contributed by atoms with E-state index < -0.39 is 0 Å². The first-order valence-electron chi connectivity index (χ1n) is 11.7. The van der Waals surface area contributed by atoms with Gasteiger partial charge in [0.15, 0.2) is 0 Å². The second-order valence-electron chi connectivity index (χ2n) is 8.65. The Hall–Kier alpha value is -2.30. The minimum Gasteiger partial charge on any atom is -0.473 e. The highest BCUT2D eigenvalue weighted by Crippen LogP contribution is 2.31. The van der Waals surface area contributed by atoms with Crippen molar-refractivity contribution >= 4 is 11.6 Å².